The Morgan fingerprint density at radius 2 is 1.92 bits per heavy atom. The van der Waals surface area contributed by atoms with Crippen molar-refractivity contribution in [2.24, 2.45) is 0 Å². The molecule has 0 radical (unpaired) electrons. The van der Waals surface area contributed by atoms with Crippen LogP contribution in [0.3, 0.4) is 0 Å². The third-order valence-electron chi connectivity index (χ3n) is 3.57. The summed E-state index contributed by atoms with van der Waals surface area (Å²) in [7, 11) is -3.54. The second-order valence-corrected chi connectivity index (χ2v) is 8.72. The van der Waals surface area contributed by atoms with E-state index < -0.39 is 10.0 Å². The lowest BCUT2D eigenvalue weighted by molar-refractivity contribution is 0.571. The van der Waals surface area contributed by atoms with Gasteiger partial charge < -0.3 is 0 Å². The van der Waals surface area contributed by atoms with Gasteiger partial charge in [0, 0.05) is 29.6 Å². The third-order valence-corrected chi connectivity index (χ3v) is 6.53. The van der Waals surface area contributed by atoms with Crippen LogP contribution in [0.15, 0.2) is 63.9 Å². The highest BCUT2D eigenvalue weighted by Gasteiger charge is 2.15. The topological polar surface area (TPSA) is 81.1 Å². The number of nitrogens with one attached hydrogen (secondary N) is 1. The molecule has 8 heteroatoms. The average molecular weight is 375 g/mol. The quantitative estimate of drug-likeness (QED) is 0.717. The van der Waals surface area contributed by atoms with Crippen LogP contribution in [0.4, 0.5) is 0 Å². The summed E-state index contributed by atoms with van der Waals surface area (Å²) in [5.74, 6) is 0. The number of nitrogens with zero attached hydrogens (tertiary/aromatic N) is 2. The van der Waals surface area contributed by atoms with Gasteiger partial charge in [-0.25, -0.2) is 18.1 Å². The Kier molecular flexibility index (Phi) is 5.12. The normalized spacial score (nSPS) is 11.6. The maximum atomic E-state index is 12.2. The summed E-state index contributed by atoms with van der Waals surface area (Å²) in [6.45, 7) is 2.18. The molecule has 130 valence electrons. The molecule has 0 atom stereocenters. The molecule has 2 heterocycles. The van der Waals surface area contributed by atoms with E-state index in [4.69, 9.17) is 0 Å². The van der Waals surface area contributed by atoms with Gasteiger partial charge in [0.15, 0.2) is 0 Å². The van der Waals surface area contributed by atoms with Crippen LogP contribution >= 0.6 is 11.3 Å². The molecule has 0 bridgehead atoms. The van der Waals surface area contributed by atoms with Gasteiger partial charge in [-0.15, -0.1) is 11.3 Å². The number of hydrogen-bond acceptors (Lipinski definition) is 5. The summed E-state index contributed by atoms with van der Waals surface area (Å²) in [6, 6.07) is 14.2. The molecular formula is C17H17N3O3S2. The lowest BCUT2D eigenvalue weighted by atomic mass is 10.1. The van der Waals surface area contributed by atoms with E-state index in [9.17, 15) is 13.2 Å². The number of thiophene rings is 1. The Hall–Kier alpha value is -2.29. The third kappa shape index (κ3) is 4.22. The first kappa shape index (κ1) is 17.5. The molecule has 3 aromatic rings. The minimum atomic E-state index is -3.54. The van der Waals surface area contributed by atoms with Crippen LogP contribution in [0, 0.1) is 6.92 Å². The highest BCUT2D eigenvalue weighted by molar-refractivity contribution is 7.91. The predicted octanol–water partition coefficient (Wildman–Crippen LogP) is 2.26. The number of rotatable bonds is 6. The van der Waals surface area contributed by atoms with Crippen molar-refractivity contribution in [3.8, 4) is 11.3 Å². The smallest absolute Gasteiger partial charge is 0.253 e. The largest absolute Gasteiger partial charge is 0.298 e. The Balaban J connectivity index is 1.67. The van der Waals surface area contributed by atoms with Crippen LogP contribution in [-0.4, -0.2) is 24.5 Å². The van der Waals surface area contributed by atoms with Crippen LogP contribution in [0.1, 0.15) is 4.88 Å². The summed E-state index contributed by atoms with van der Waals surface area (Å²) in [5.41, 5.74) is 1.23. The van der Waals surface area contributed by atoms with Crippen molar-refractivity contribution in [1.29, 1.82) is 0 Å². The molecular weight excluding hydrogens is 358 g/mol. The molecule has 0 saturated heterocycles. The zero-order valence-corrected chi connectivity index (χ0v) is 15.2. The first-order chi connectivity index (χ1) is 12.0. The van der Waals surface area contributed by atoms with E-state index >= 15 is 0 Å². The van der Waals surface area contributed by atoms with Crippen LogP contribution in [0.2, 0.25) is 0 Å². The minimum Gasteiger partial charge on any atom is -0.298 e. The van der Waals surface area contributed by atoms with Crippen molar-refractivity contribution < 1.29 is 8.42 Å². The molecule has 1 aromatic carbocycles. The van der Waals surface area contributed by atoms with E-state index in [-0.39, 0.29) is 22.9 Å². The molecule has 1 N–H and O–H groups in total. The van der Waals surface area contributed by atoms with Gasteiger partial charge >= 0.3 is 0 Å². The van der Waals surface area contributed by atoms with E-state index in [0.29, 0.717) is 5.69 Å². The van der Waals surface area contributed by atoms with E-state index in [0.717, 1.165) is 10.4 Å². The van der Waals surface area contributed by atoms with Gasteiger partial charge in [-0.1, -0.05) is 30.3 Å². The van der Waals surface area contributed by atoms with Gasteiger partial charge in [0.25, 0.3) is 5.56 Å². The molecule has 0 fully saturated rings. The van der Waals surface area contributed by atoms with Crippen molar-refractivity contribution in [3.05, 3.63) is 70.1 Å². The molecule has 0 aliphatic rings. The number of aromatic nitrogens is 2. The predicted molar refractivity (Wildman–Crippen MR) is 98.2 cm³/mol. The molecule has 6 nitrogen and oxygen atoms in total. The monoisotopic (exact) mass is 375 g/mol. The second-order valence-electron chi connectivity index (χ2n) is 5.43. The number of benzene rings is 1. The van der Waals surface area contributed by atoms with Crippen molar-refractivity contribution >= 4 is 21.4 Å². The molecule has 3 rings (SSSR count). The Bertz CT molecular complexity index is 1020. The SMILES string of the molecule is Cc1ccc(S(=O)(=O)NCCn2cnc(-c3ccccc3)cc2=O)s1. The molecule has 0 amide bonds. The van der Waals surface area contributed by atoms with Crippen molar-refractivity contribution in [1.82, 2.24) is 14.3 Å². The molecule has 0 spiro atoms. The van der Waals surface area contributed by atoms with Gasteiger partial charge in [0.1, 0.15) is 4.21 Å². The number of aryl methyl sites for hydroxylation is 1. The fraction of sp³-hybridized carbons (Fsp3) is 0.176. The van der Waals surface area contributed by atoms with Crippen LogP contribution in [0.25, 0.3) is 11.3 Å². The fourth-order valence-corrected chi connectivity index (χ4v) is 4.64. The van der Waals surface area contributed by atoms with Crippen LogP contribution in [0.5, 0.6) is 0 Å². The fourth-order valence-electron chi connectivity index (χ4n) is 2.29. The number of hydrogen-bond donors (Lipinski definition) is 1. The van der Waals surface area contributed by atoms with Crippen molar-refractivity contribution in [3.63, 3.8) is 0 Å². The van der Waals surface area contributed by atoms with Crippen LogP contribution < -0.4 is 10.3 Å². The summed E-state index contributed by atoms with van der Waals surface area (Å²) < 4.78 is 28.5. The Morgan fingerprint density at radius 1 is 1.16 bits per heavy atom. The maximum Gasteiger partial charge on any atom is 0.253 e. The lowest BCUT2D eigenvalue weighted by Gasteiger charge is -2.08. The van der Waals surface area contributed by atoms with Gasteiger partial charge in [0.05, 0.1) is 12.0 Å². The minimum absolute atomic E-state index is 0.117. The first-order valence-corrected chi connectivity index (χ1v) is 9.94. The van der Waals surface area contributed by atoms with Crippen molar-refractivity contribution in [2.45, 2.75) is 17.7 Å². The highest BCUT2D eigenvalue weighted by Crippen LogP contribution is 2.20. The average Bonchev–Trinajstić information content (AvgIpc) is 3.04. The van der Waals surface area contributed by atoms with Crippen LogP contribution in [-0.2, 0) is 16.6 Å². The first-order valence-electron chi connectivity index (χ1n) is 7.64. The van der Waals surface area contributed by atoms with Gasteiger partial charge in [-0.3, -0.25) is 9.36 Å². The zero-order valence-electron chi connectivity index (χ0n) is 13.5. The lowest BCUT2D eigenvalue weighted by Crippen LogP contribution is -2.30. The molecule has 0 unspecified atom stereocenters. The van der Waals surface area contributed by atoms with Crippen molar-refractivity contribution in [2.75, 3.05) is 6.54 Å². The molecule has 0 saturated carbocycles. The second kappa shape index (κ2) is 7.30. The van der Waals surface area contributed by atoms with Gasteiger partial charge in [-0.05, 0) is 19.1 Å². The van der Waals surface area contributed by atoms with E-state index in [2.05, 4.69) is 9.71 Å². The Morgan fingerprint density at radius 3 is 2.56 bits per heavy atom. The summed E-state index contributed by atoms with van der Waals surface area (Å²) in [6.07, 6.45) is 1.44. The Labute approximate surface area is 149 Å². The van der Waals surface area contributed by atoms with Gasteiger partial charge in [0.2, 0.25) is 10.0 Å². The van der Waals surface area contributed by atoms with E-state index in [1.54, 1.807) is 12.1 Å². The van der Waals surface area contributed by atoms with E-state index in [1.807, 2.05) is 37.3 Å². The van der Waals surface area contributed by atoms with Gasteiger partial charge in [-0.2, -0.15) is 0 Å². The molecule has 0 aliphatic heterocycles. The summed E-state index contributed by atoms with van der Waals surface area (Å²) in [5, 5.41) is 0. The summed E-state index contributed by atoms with van der Waals surface area (Å²) >= 11 is 1.21. The standard InChI is InChI=1S/C17H17N3O3S2/c1-13-7-8-17(24-13)25(22,23)19-9-10-20-12-18-15(11-16(20)21)14-5-3-2-4-6-14/h2-8,11-12,19H,9-10H2,1H3. The maximum absolute atomic E-state index is 12.2. The van der Waals surface area contributed by atoms with E-state index in [1.165, 1.54) is 28.3 Å². The number of sulfonamides is 1. The zero-order chi connectivity index (χ0) is 17.9. The molecule has 25 heavy (non-hydrogen) atoms. The summed E-state index contributed by atoms with van der Waals surface area (Å²) in [4.78, 5) is 17.4. The molecule has 0 aliphatic carbocycles. The molecule has 2 aromatic heterocycles. The highest BCUT2D eigenvalue weighted by atomic mass is 32.2.